The molecule has 0 aromatic heterocycles. The highest BCUT2D eigenvalue weighted by atomic mass is 16.2. The van der Waals surface area contributed by atoms with Crippen LogP contribution >= 0.6 is 0 Å². The zero-order chi connectivity index (χ0) is 13.0. The van der Waals surface area contributed by atoms with Gasteiger partial charge in [-0.1, -0.05) is 24.3 Å². The Kier molecular flexibility index (Phi) is 4.20. The van der Waals surface area contributed by atoms with E-state index in [2.05, 4.69) is 48.6 Å². The summed E-state index contributed by atoms with van der Waals surface area (Å²) in [5, 5.41) is 2.94. The summed E-state index contributed by atoms with van der Waals surface area (Å²) in [6.07, 6.45) is 1.13. The van der Waals surface area contributed by atoms with Crippen LogP contribution in [0.3, 0.4) is 0 Å². The van der Waals surface area contributed by atoms with Gasteiger partial charge in [0.05, 0.1) is 0 Å². The minimum absolute atomic E-state index is 0.0543. The zero-order valence-corrected chi connectivity index (χ0v) is 11.1. The van der Waals surface area contributed by atoms with Crippen LogP contribution in [0.5, 0.6) is 0 Å². The van der Waals surface area contributed by atoms with Gasteiger partial charge in [0.1, 0.15) is 0 Å². The molecule has 0 bridgehead atoms. The third kappa shape index (κ3) is 3.47. The van der Waals surface area contributed by atoms with Crippen molar-refractivity contribution >= 4 is 6.03 Å². The molecule has 0 radical (unpaired) electrons. The van der Waals surface area contributed by atoms with Gasteiger partial charge in [-0.3, -0.25) is 0 Å². The Balaban J connectivity index is 1.80. The largest absolute Gasteiger partial charge is 0.334 e. The summed E-state index contributed by atoms with van der Waals surface area (Å²) in [5.74, 6) is 0. The van der Waals surface area contributed by atoms with Crippen LogP contribution < -0.4 is 5.32 Å². The molecule has 1 aliphatic heterocycles. The lowest BCUT2D eigenvalue weighted by Gasteiger charge is -2.30. The first-order valence-electron chi connectivity index (χ1n) is 6.40. The summed E-state index contributed by atoms with van der Waals surface area (Å²) < 4.78 is 0. The summed E-state index contributed by atoms with van der Waals surface area (Å²) in [5.41, 5.74) is 2.43. The van der Waals surface area contributed by atoms with Crippen molar-refractivity contribution in [3.05, 3.63) is 35.4 Å². The maximum atomic E-state index is 11.6. The van der Waals surface area contributed by atoms with Crippen molar-refractivity contribution in [3.8, 4) is 0 Å². The monoisotopic (exact) mass is 247 g/mol. The van der Waals surface area contributed by atoms with Gasteiger partial charge < -0.3 is 15.1 Å². The van der Waals surface area contributed by atoms with Crippen molar-refractivity contribution in [2.45, 2.75) is 19.5 Å². The van der Waals surface area contributed by atoms with Gasteiger partial charge in [0.15, 0.2) is 0 Å². The maximum absolute atomic E-state index is 11.6. The molecule has 2 amide bonds. The number of benzene rings is 1. The highest BCUT2D eigenvalue weighted by molar-refractivity contribution is 5.74. The Bertz CT molecular complexity index is 396. The van der Waals surface area contributed by atoms with Crippen molar-refractivity contribution in [1.29, 1.82) is 0 Å². The summed E-state index contributed by atoms with van der Waals surface area (Å²) in [6.45, 7) is 3.35. The van der Waals surface area contributed by atoms with E-state index in [9.17, 15) is 4.79 Å². The molecule has 1 aromatic carbocycles. The van der Waals surface area contributed by atoms with Gasteiger partial charge in [-0.05, 0) is 31.6 Å². The van der Waals surface area contributed by atoms with E-state index in [1.165, 1.54) is 5.56 Å². The van der Waals surface area contributed by atoms with Crippen LogP contribution in [0.2, 0.25) is 0 Å². The normalized spacial score (nSPS) is 14.5. The fourth-order valence-corrected chi connectivity index (χ4v) is 1.94. The number of urea groups is 1. The van der Waals surface area contributed by atoms with E-state index in [-0.39, 0.29) is 6.03 Å². The Morgan fingerprint density at radius 2 is 1.83 bits per heavy atom. The predicted octanol–water partition coefficient (Wildman–Crippen LogP) is 1.66. The molecule has 4 heteroatoms. The summed E-state index contributed by atoms with van der Waals surface area (Å²) >= 11 is 0. The van der Waals surface area contributed by atoms with E-state index in [4.69, 9.17) is 0 Å². The second-order valence-corrected chi connectivity index (χ2v) is 5.05. The minimum Gasteiger partial charge on any atom is -0.334 e. The lowest BCUT2D eigenvalue weighted by atomic mass is 10.1. The average Bonchev–Trinajstić information content (AvgIpc) is 2.25. The summed E-state index contributed by atoms with van der Waals surface area (Å²) in [4.78, 5) is 15.6. The average molecular weight is 247 g/mol. The lowest BCUT2D eigenvalue weighted by Crippen LogP contribution is -2.47. The second-order valence-electron chi connectivity index (χ2n) is 5.05. The SMILES string of the molecule is CN(C)Cc1ccc(CNC(=O)N2CCC2)cc1. The van der Waals surface area contributed by atoms with Crippen LogP contribution in [-0.2, 0) is 13.1 Å². The molecule has 1 saturated heterocycles. The number of rotatable bonds is 4. The van der Waals surface area contributed by atoms with E-state index in [0.717, 1.165) is 31.6 Å². The topological polar surface area (TPSA) is 35.6 Å². The molecule has 1 aliphatic rings. The molecule has 2 rings (SSSR count). The molecule has 0 aliphatic carbocycles. The van der Waals surface area contributed by atoms with Crippen molar-refractivity contribution in [2.75, 3.05) is 27.2 Å². The Morgan fingerprint density at radius 3 is 2.33 bits per heavy atom. The molecule has 4 nitrogen and oxygen atoms in total. The first-order chi connectivity index (χ1) is 8.65. The van der Waals surface area contributed by atoms with E-state index < -0.39 is 0 Å². The van der Waals surface area contributed by atoms with E-state index >= 15 is 0 Å². The molecular formula is C14H21N3O. The first-order valence-corrected chi connectivity index (χ1v) is 6.40. The number of likely N-dealkylation sites (tertiary alicyclic amines) is 1. The number of carbonyl (C=O) groups is 1. The molecule has 0 spiro atoms. The maximum Gasteiger partial charge on any atom is 0.317 e. The van der Waals surface area contributed by atoms with Crippen LogP contribution in [0.1, 0.15) is 17.5 Å². The van der Waals surface area contributed by atoms with Gasteiger partial charge in [0.25, 0.3) is 0 Å². The van der Waals surface area contributed by atoms with Crippen LogP contribution in [0.15, 0.2) is 24.3 Å². The number of carbonyl (C=O) groups excluding carboxylic acids is 1. The van der Waals surface area contributed by atoms with Crippen molar-refractivity contribution in [1.82, 2.24) is 15.1 Å². The van der Waals surface area contributed by atoms with Gasteiger partial charge in [-0.2, -0.15) is 0 Å². The standard InChI is InChI=1S/C14H21N3O/c1-16(2)11-13-6-4-12(5-7-13)10-15-14(18)17-8-3-9-17/h4-7H,3,8-11H2,1-2H3,(H,15,18). The smallest absolute Gasteiger partial charge is 0.317 e. The van der Waals surface area contributed by atoms with E-state index in [0.29, 0.717) is 6.54 Å². The minimum atomic E-state index is 0.0543. The Morgan fingerprint density at radius 1 is 1.22 bits per heavy atom. The van der Waals surface area contributed by atoms with Gasteiger partial charge in [-0.15, -0.1) is 0 Å². The Labute approximate surface area is 109 Å². The number of nitrogens with zero attached hydrogens (tertiary/aromatic N) is 2. The van der Waals surface area contributed by atoms with Crippen molar-refractivity contribution in [3.63, 3.8) is 0 Å². The zero-order valence-electron chi connectivity index (χ0n) is 11.1. The van der Waals surface area contributed by atoms with Crippen LogP contribution in [0.25, 0.3) is 0 Å². The quantitative estimate of drug-likeness (QED) is 0.878. The van der Waals surface area contributed by atoms with Gasteiger partial charge in [0, 0.05) is 26.2 Å². The fraction of sp³-hybridized carbons (Fsp3) is 0.500. The fourth-order valence-electron chi connectivity index (χ4n) is 1.94. The molecule has 0 saturated carbocycles. The van der Waals surface area contributed by atoms with Gasteiger partial charge in [0.2, 0.25) is 0 Å². The molecule has 98 valence electrons. The molecule has 1 fully saturated rings. The predicted molar refractivity (Wildman–Crippen MR) is 72.3 cm³/mol. The number of amides is 2. The highest BCUT2D eigenvalue weighted by Crippen LogP contribution is 2.08. The molecular weight excluding hydrogens is 226 g/mol. The summed E-state index contributed by atoms with van der Waals surface area (Å²) in [6, 6.07) is 8.44. The number of hydrogen-bond donors (Lipinski definition) is 1. The third-order valence-electron chi connectivity index (χ3n) is 3.11. The highest BCUT2D eigenvalue weighted by Gasteiger charge is 2.19. The molecule has 1 N–H and O–H groups in total. The van der Waals surface area contributed by atoms with Crippen LogP contribution in [0.4, 0.5) is 4.79 Å². The van der Waals surface area contributed by atoms with Crippen molar-refractivity contribution < 1.29 is 4.79 Å². The van der Waals surface area contributed by atoms with E-state index in [1.54, 1.807) is 0 Å². The van der Waals surface area contributed by atoms with Crippen LogP contribution in [-0.4, -0.2) is 43.0 Å². The third-order valence-corrected chi connectivity index (χ3v) is 3.11. The molecule has 1 aromatic rings. The van der Waals surface area contributed by atoms with Crippen LogP contribution in [0, 0.1) is 0 Å². The number of nitrogens with one attached hydrogen (secondary N) is 1. The van der Waals surface area contributed by atoms with Crippen molar-refractivity contribution in [2.24, 2.45) is 0 Å². The van der Waals surface area contributed by atoms with E-state index in [1.807, 2.05) is 4.90 Å². The molecule has 0 unspecified atom stereocenters. The molecule has 1 heterocycles. The summed E-state index contributed by atoms with van der Waals surface area (Å²) in [7, 11) is 4.11. The molecule has 0 atom stereocenters. The number of hydrogen-bond acceptors (Lipinski definition) is 2. The van der Waals surface area contributed by atoms with Gasteiger partial charge in [-0.25, -0.2) is 4.79 Å². The van der Waals surface area contributed by atoms with Gasteiger partial charge >= 0.3 is 6.03 Å². The Hall–Kier alpha value is -1.55. The second kappa shape index (κ2) is 5.87. The molecule has 18 heavy (non-hydrogen) atoms. The first kappa shape index (κ1) is 12.9. The lowest BCUT2D eigenvalue weighted by molar-refractivity contribution is 0.167.